The van der Waals surface area contributed by atoms with Crippen molar-refractivity contribution in [1.82, 2.24) is 15.5 Å². The van der Waals surface area contributed by atoms with Crippen molar-refractivity contribution in [3.63, 3.8) is 0 Å². The van der Waals surface area contributed by atoms with Crippen molar-refractivity contribution in [1.29, 1.82) is 0 Å². The van der Waals surface area contributed by atoms with Gasteiger partial charge < -0.3 is 14.6 Å². The first-order chi connectivity index (χ1) is 9.79. The van der Waals surface area contributed by atoms with Crippen LogP contribution in [0.25, 0.3) is 0 Å². The summed E-state index contributed by atoms with van der Waals surface area (Å²) in [6, 6.07) is 8.28. The third kappa shape index (κ3) is 4.63. The summed E-state index contributed by atoms with van der Waals surface area (Å²) in [5.41, 5.74) is 1.27. The fraction of sp³-hybridized carbons (Fsp3) is 0.429. The minimum absolute atomic E-state index is 0.575. The largest absolute Gasteiger partial charge is 0.383 e. The van der Waals surface area contributed by atoms with Crippen LogP contribution in [0.2, 0.25) is 0 Å². The standard InChI is InChI=1S/C14H19N3O2S/c1-11-5-3-4-6-12(11)20-10-13-16-14(19-17-13)9-15-7-8-18-2/h3-6,15H,7-10H2,1-2H3. The summed E-state index contributed by atoms with van der Waals surface area (Å²) in [4.78, 5) is 5.60. The number of nitrogens with zero attached hydrogens (tertiary/aromatic N) is 2. The topological polar surface area (TPSA) is 60.2 Å². The second-order valence-electron chi connectivity index (χ2n) is 4.33. The van der Waals surface area contributed by atoms with E-state index >= 15 is 0 Å². The van der Waals surface area contributed by atoms with E-state index in [2.05, 4.69) is 34.5 Å². The fourth-order valence-electron chi connectivity index (χ4n) is 1.65. The second kappa shape index (κ2) is 8.04. The molecule has 20 heavy (non-hydrogen) atoms. The Morgan fingerprint density at radius 1 is 1.35 bits per heavy atom. The molecule has 0 aliphatic carbocycles. The number of aromatic nitrogens is 2. The molecular formula is C14H19N3O2S. The molecule has 2 aromatic rings. The van der Waals surface area contributed by atoms with E-state index in [0.29, 0.717) is 24.8 Å². The van der Waals surface area contributed by atoms with Gasteiger partial charge in [0.15, 0.2) is 5.82 Å². The van der Waals surface area contributed by atoms with Gasteiger partial charge in [-0.2, -0.15) is 4.98 Å². The highest BCUT2D eigenvalue weighted by molar-refractivity contribution is 7.98. The molecule has 0 radical (unpaired) electrons. The zero-order chi connectivity index (χ0) is 14.2. The van der Waals surface area contributed by atoms with Crippen molar-refractivity contribution in [2.45, 2.75) is 24.1 Å². The first-order valence-corrected chi connectivity index (χ1v) is 7.47. The van der Waals surface area contributed by atoms with Crippen molar-refractivity contribution in [2.75, 3.05) is 20.3 Å². The zero-order valence-corrected chi connectivity index (χ0v) is 12.6. The van der Waals surface area contributed by atoms with Gasteiger partial charge in [0.2, 0.25) is 5.89 Å². The van der Waals surface area contributed by atoms with Crippen LogP contribution in [0.5, 0.6) is 0 Å². The maximum absolute atomic E-state index is 5.19. The summed E-state index contributed by atoms with van der Waals surface area (Å²) in [6.45, 7) is 4.12. The van der Waals surface area contributed by atoms with Crippen LogP contribution in [0.1, 0.15) is 17.3 Å². The van der Waals surface area contributed by atoms with E-state index < -0.39 is 0 Å². The third-order valence-corrected chi connectivity index (χ3v) is 3.89. The van der Waals surface area contributed by atoms with Gasteiger partial charge in [0.25, 0.3) is 0 Å². The van der Waals surface area contributed by atoms with Gasteiger partial charge in [-0.3, -0.25) is 0 Å². The molecule has 2 rings (SSSR count). The van der Waals surface area contributed by atoms with Gasteiger partial charge >= 0.3 is 0 Å². The summed E-state index contributed by atoms with van der Waals surface area (Å²) >= 11 is 1.72. The number of thioether (sulfide) groups is 1. The van der Waals surface area contributed by atoms with Crippen LogP contribution in [0, 0.1) is 6.92 Å². The van der Waals surface area contributed by atoms with Gasteiger partial charge in [0.1, 0.15) is 0 Å². The number of methoxy groups -OCH3 is 1. The van der Waals surface area contributed by atoms with E-state index in [1.807, 2.05) is 12.1 Å². The lowest BCUT2D eigenvalue weighted by atomic mass is 10.2. The molecule has 108 valence electrons. The molecule has 5 nitrogen and oxygen atoms in total. The molecule has 0 spiro atoms. The Labute approximate surface area is 123 Å². The van der Waals surface area contributed by atoms with Crippen LogP contribution in [-0.4, -0.2) is 30.4 Å². The smallest absolute Gasteiger partial charge is 0.240 e. The minimum Gasteiger partial charge on any atom is -0.383 e. The monoisotopic (exact) mass is 293 g/mol. The summed E-state index contributed by atoms with van der Waals surface area (Å²) in [6.07, 6.45) is 0. The molecule has 6 heteroatoms. The zero-order valence-electron chi connectivity index (χ0n) is 11.8. The number of aryl methyl sites for hydroxylation is 1. The Balaban J connectivity index is 1.79. The van der Waals surface area contributed by atoms with Crippen molar-refractivity contribution < 1.29 is 9.26 Å². The predicted octanol–water partition coefficient (Wildman–Crippen LogP) is 2.41. The van der Waals surface area contributed by atoms with Gasteiger partial charge in [-0.25, -0.2) is 0 Å². The molecule has 1 N–H and O–H groups in total. The lowest BCUT2D eigenvalue weighted by Crippen LogP contribution is -2.18. The lowest BCUT2D eigenvalue weighted by Gasteiger charge is -2.02. The maximum atomic E-state index is 5.19. The predicted molar refractivity (Wildman–Crippen MR) is 78.6 cm³/mol. The van der Waals surface area contributed by atoms with Crippen LogP contribution in [0.15, 0.2) is 33.7 Å². The molecule has 0 aliphatic rings. The van der Waals surface area contributed by atoms with E-state index in [1.165, 1.54) is 10.5 Å². The Bertz CT molecular complexity index is 531. The Kier molecular flexibility index (Phi) is 6.04. The molecular weight excluding hydrogens is 274 g/mol. The minimum atomic E-state index is 0.575. The van der Waals surface area contributed by atoms with Crippen LogP contribution in [0.3, 0.4) is 0 Å². The molecule has 0 unspecified atom stereocenters. The molecule has 0 atom stereocenters. The lowest BCUT2D eigenvalue weighted by molar-refractivity contribution is 0.197. The first kappa shape index (κ1) is 15.0. The number of ether oxygens (including phenoxy) is 1. The highest BCUT2D eigenvalue weighted by atomic mass is 32.2. The average molecular weight is 293 g/mol. The van der Waals surface area contributed by atoms with Gasteiger partial charge in [-0.05, 0) is 18.6 Å². The Morgan fingerprint density at radius 3 is 3.00 bits per heavy atom. The molecule has 0 saturated heterocycles. The second-order valence-corrected chi connectivity index (χ2v) is 5.35. The van der Waals surface area contributed by atoms with Crippen LogP contribution >= 0.6 is 11.8 Å². The molecule has 1 aromatic carbocycles. The first-order valence-electron chi connectivity index (χ1n) is 6.49. The SMILES string of the molecule is COCCNCc1nc(CSc2ccccc2C)no1. The van der Waals surface area contributed by atoms with Crippen molar-refractivity contribution in [2.24, 2.45) is 0 Å². The maximum Gasteiger partial charge on any atom is 0.240 e. The third-order valence-electron chi connectivity index (χ3n) is 2.72. The number of benzene rings is 1. The van der Waals surface area contributed by atoms with E-state index in [0.717, 1.165) is 12.4 Å². The molecule has 0 bridgehead atoms. The summed E-state index contributed by atoms with van der Waals surface area (Å²) < 4.78 is 10.1. The van der Waals surface area contributed by atoms with Crippen LogP contribution in [-0.2, 0) is 17.0 Å². The summed E-state index contributed by atoms with van der Waals surface area (Å²) in [5.74, 6) is 2.05. The number of nitrogens with one attached hydrogen (secondary N) is 1. The van der Waals surface area contributed by atoms with Crippen LogP contribution < -0.4 is 5.32 Å². The van der Waals surface area contributed by atoms with Gasteiger partial charge in [0, 0.05) is 18.6 Å². The van der Waals surface area contributed by atoms with Gasteiger partial charge in [-0.1, -0.05) is 23.4 Å². The van der Waals surface area contributed by atoms with E-state index in [9.17, 15) is 0 Å². The average Bonchev–Trinajstić information content (AvgIpc) is 2.91. The molecule has 1 aromatic heterocycles. The normalized spacial score (nSPS) is 10.9. The number of hydrogen-bond acceptors (Lipinski definition) is 6. The highest BCUT2D eigenvalue weighted by Gasteiger charge is 2.07. The van der Waals surface area contributed by atoms with E-state index in [4.69, 9.17) is 9.26 Å². The molecule has 0 aliphatic heterocycles. The molecule has 0 amide bonds. The molecule has 0 saturated carbocycles. The van der Waals surface area contributed by atoms with E-state index in [1.54, 1.807) is 18.9 Å². The summed E-state index contributed by atoms with van der Waals surface area (Å²) in [7, 11) is 1.68. The number of rotatable bonds is 8. The van der Waals surface area contributed by atoms with Gasteiger partial charge in [-0.15, -0.1) is 11.8 Å². The highest BCUT2D eigenvalue weighted by Crippen LogP contribution is 2.24. The number of hydrogen-bond donors (Lipinski definition) is 1. The fourth-order valence-corrected chi connectivity index (χ4v) is 2.52. The Hall–Kier alpha value is -1.37. The van der Waals surface area contributed by atoms with Crippen molar-refractivity contribution in [3.05, 3.63) is 41.5 Å². The van der Waals surface area contributed by atoms with Crippen molar-refractivity contribution in [3.8, 4) is 0 Å². The Morgan fingerprint density at radius 2 is 2.20 bits per heavy atom. The molecule has 1 heterocycles. The van der Waals surface area contributed by atoms with Crippen LogP contribution in [0.4, 0.5) is 0 Å². The quantitative estimate of drug-likeness (QED) is 0.596. The van der Waals surface area contributed by atoms with Crippen molar-refractivity contribution >= 4 is 11.8 Å². The molecule has 0 fully saturated rings. The van der Waals surface area contributed by atoms with E-state index in [-0.39, 0.29) is 0 Å². The van der Waals surface area contributed by atoms with Gasteiger partial charge in [0.05, 0.1) is 18.9 Å². The summed E-state index contributed by atoms with van der Waals surface area (Å²) in [5, 5.41) is 7.15.